The number of amides is 2. The Morgan fingerprint density at radius 1 is 0.896 bits per heavy atom. The van der Waals surface area contributed by atoms with Crippen LogP contribution in [0.1, 0.15) is 43.2 Å². The molecule has 1 saturated carbocycles. The van der Waals surface area contributed by atoms with Crippen LogP contribution in [0.25, 0.3) is 0 Å². The molecule has 8 nitrogen and oxygen atoms in total. The van der Waals surface area contributed by atoms with Gasteiger partial charge in [0.25, 0.3) is 10.0 Å². The minimum absolute atomic E-state index is 0.00514. The van der Waals surface area contributed by atoms with Crippen LogP contribution in [0, 0.1) is 5.82 Å². The number of anilines is 1. The van der Waals surface area contributed by atoms with Crippen molar-refractivity contribution in [1.82, 2.24) is 10.2 Å². The summed E-state index contributed by atoms with van der Waals surface area (Å²) in [4.78, 5) is 30.1. The normalized spacial score (nSPS) is 14.1. The Hall–Kier alpha value is -4.41. The summed E-state index contributed by atoms with van der Waals surface area (Å²) in [7, 11) is -2.87. The van der Waals surface area contributed by atoms with Crippen molar-refractivity contribution in [1.29, 1.82) is 0 Å². The predicted octanol–water partition coefficient (Wildman–Crippen LogP) is 6.77. The quantitative estimate of drug-likeness (QED) is 0.167. The van der Waals surface area contributed by atoms with Crippen LogP contribution in [0.4, 0.5) is 10.1 Å². The van der Waals surface area contributed by atoms with Crippen LogP contribution in [0.15, 0.2) is 108 Å². The van der Waals surface area contributed by atoms with E-state index in [-0.39, 0.29) is 35.5 Å². The summed E-state index contributed by atoms with van der Waals surface area (Å²) in [5.41, 5.74) is 1.60. The number of ether oxygens (including phenoxy) is 1. The van der Waals surface area contributed by atoms with E-state index >= 15 is 0 Å². The second kappa shape index (κ2) is 16.1. The van der Waals surface area contributed by atoms with Crippen LogP contribution in [-0.4, -0.2) is 50.9 Å². The van der Waals surface area contributed by atoms with E-state index < -0.39 is 34.3 Å². The highest BCUT2D eigenvalue weighted by molar-refractivity contribution is 7.92. The van der Waals surface area contributed by atoms with Crippen molar-refractivity contribution < 1.29 is 27.1 Å². The summed E-state index contributed by atoms with van der Waals surface area (Å²) in [5.74, 6) is -1.03. The molecule has 1 atom stereocenters. The largest absolute Gasteiger partial charge is 0.497 e. The molecule has 5 rings (SSSR count). The Bertz CT molecular complexity index is 1780. The third-order valence-corrected chi connectivity index (χ3v) is 10.5. The molecule has 0 bridgehead atoms. The molecule has 48 heavy (non-hydrogen) atoms. The van der Waals surface area contributed by atoms with Gasteiger partial charge in [-0.1, -0.05) is 73.3 Å². The zero-order valence-electron chi connectivity index (χ0n) is 26.7. The third kappa shape index (κ3) is 8.93. The molecule has 252 valence electrons. The predicted molar refractivity (Wildman–Crippen MR) is 185 cm³/mol. The van der Waals surface area contributed by atoms with Crippen LogP contribution in [0.5, 0.6) is 5.75 Å². The van der Waals surface area contributed by atoms with Gasteiger partial charge in [0.15, 0.2) is 0 Å². The highest BCUT2D eigenvalue weighted by Crippen LogP contribution is 2.27. The molecule has 0 aliphatic heterocycles. The van der Waals surface area contributed by atoms with Gasteiger partial charge in [0.05, 0.1) is 17.7 Å². The summed E-state index contributed by atoms with van der Waals surface area (Å²) in [6.45, 7) is -0.655. The maximum Gasteiger partial charge on any atom is 0.264 e. The van der Waals surface area contributed by atoms with Crippen molar-refractivity contribution in [3.8, 4) is 5.75 Å². The van der Waals surface area contributed by atoms with Crippen molar-refractivity contribution in [2.45, 2.75) is 62.0 Å². The molecule has 0 aromatic heterocycles. The lowest BCUT2D eigenvalue weighted by Gasteiger charge is -2.35. The summed E-state index contributed by atoms with van der Waals surface area (Å²) < 4.78 is 48.5. The fraction of sp³-hybridized carbons (Fsp3) is 0.297. The van der Waals surface area contributed by atoms with E-state index in [4.69, 9.17) is 16.3 Å². The average Bonchev–Trinajstić information content (AvgIpc) is 3.10. The molecule has 0 spiro atoms. The topological polar surface area (TPSA) is 96.0 Å². The molecule has 1 N–H and O–H groups in total. The summed E-state index contributed by atoms with van der Waals surface area (Å²) in [6, 6.07) is 26.1. The molecule has 0 radical (unpaired) electrons. The van der Waals surface area contributed by atoms with Gasteiger partial charge in [0.1, 0.15) is 24.2 Å². The Morgan fingerprint density at radius 2 is 1.56 bits per heavy atom. The minimum atomic E-state index is -4.34. The Balaban J connectivity index is 1.56. The van der Waals surface area contributed by atoms with Crippen molar-refractivity contribution in [2.75, 3.05) is 18.0 Å². The van der Waals surface area contributed by atoms with Gasteiger partial charge in [0, 0.05) is 24.0 Å². The first-order chi connectivity index (χ1) is 23.1. The van der Waals surface area contributed by atoms with Crippen LogP contribution in [-0.2, 0) is 32.6 Å². The zero-order valence-corrected chi connectivity index (χ0v) is 28.3. The summed E-state index contributed by atoms with van der Waals surface area (Å²) in [5, 5.41) is 3.65. The number of methoxy groups -OCH3 is 1. The lowest BCUT2D eigenvalue weighted by atomic mass is 9.94. The molecular weight excluding hydrogens is 653 g/mol. The lowest BCUT2D eigenvalue weighted by molar-refractivity contribution is -0.140. The van der Waals surface area contributed by atoms with E-state index in [1.54, 1.807) is 24.3 Å². The zero-order chi connectivity index (χ0) is 34.1. The smallest absolute Gasteiger partial charge is 0.264 e. The molecule has 1 aliphatic rings. The first-order valence-electron chi connectivity index (χ1n) is 15.9. The van der Waals surface area contributed by atoms with E-state index in [0.717, 1.165) is 54.1 Å². The molecule has 1 fully saturated rings. The Labute approximate surface area is 286 Å². The van der Waals surface area contributed by atoms with Gasteiger partial charge < -0.3 is 15.0 Å². The Morgan fingerprint density at radius 3 is 2.21 bits per heavy atom. The molecule has 0 heterocycles. The van der Waals surface area contributed by atoms with Crippen LogP contribution in [0.3, 0.4) is 0 Å². The van der Waals surface area contributed by atoms with Gasteiger partial charge in [-0.3, -0.25) is 13.9 Å². The van der Waals surface area contributed by atoms with Crippen LogP contribution < -0.4 is 14.4 Å². The first-order valence-corrected chi connectivity index (χ1v) is 17.8. The number of nitrogens with one attached hydrogen (secondary N) is 1. The van der Waals surface area contributed by atoms with Gasteiger partial charge in [0.2, 0.25) is 11.8 Å². The monoisotopic (exact) mass is 691 g/mol. The number of sulfonamides is 1. The fourth-order valence-corrected chi connectivity index (χ4v) is 7.57. The standard InChI is InChI=1S/C37H39ClFN3O5S/c1-47-33-19-21-34(22-20-33)48(45,46)42(32-17-15-30(39)16-18-32)26-36(43)41(25-28-11-8-12-29(38)23-28)35(24-27-9-4-2-5-10-27)37(44)40-31-13-6-3-7-14-31/h2,4-5,8-12,15-23,31,35H,3,6-7,13-14,24-26H2,1H3,(H,40,44)/t35-/m0/s1. The number of nitrogens with zero attached hydrogens (tertiary/aromatic N) is 2. The number of rotatable bonds is 13. The number of hydrogen-bond donors (Lipinski definition) is 1. The number of carbonyl (C=O) groups excluding carboxylic acids is 2. The second-order valence-electron chi connectivity index (χ2n) is 11.9. The highest BCUT2D eigenvalue weighted by Gasteiger charge is 2.35. The van der Waals surface area contributed by atoms with E-state index in [9.17, 15) is 22.4 Å². The SMILES string of the molecule is COc1ccc(S(=O)(=O)N(CC(=O)N(Cc2cccc(Cl)c2)[C@@H](Cc2ccccc2)C(=O)NC2CCCCC2)c2ccc(F)cc2)cc1. The van der Waals surface area contributed by atoms with Gasteiger partial charge in [-0.2, -0.15) is 0 Å². The summed E-state index contributed by atoms with van der Waals surface area (Å²) >= 11 is 6.33. The van der Waals surface area contributed by atoms with Gasteiger partial charge in [-0.05, 0) is 84.6 Å². The van der Waals surface area contributed by atoms with Gasteiger partial charge in [-0.15, -0.1) is 0 Å². The second-order valence-corrected chi connectivity index (χ2v) is 14.2. The maximum atomic E-state index is 14.6. The molecule has 0 saturated heterocycles. The van der Waals surface area contributed by atoms with Gasteiger partial charge >= 0.3 is 0 Å². The van der Waals surface area contributed by atoms with Crippen molar-refractivity contribution in [3.63, 3.8) is 0 Å². The van der Waals surface area contributed by atoms with E-state index in [1.165, 1.54) is 48.4 Å². The molecule has 1 aliphatic carbocycles. The third-order valence-electron chi connectivity index (χ3n) is 8.51. The molecule has 11 heteroatoms. The van der Waals surface area contributed by atoms with Crippen molar-refractivity contribution >= 4 is 39.1 Å². The number of halogens is 2. The van der Waals surface area contributed by atoms with Crippen LogP contribution in [0.2, 0.25) is 5.02 Å². The first kappa shape index (κ1) is 34.9. The van der Waals surface area contributed by atoms with E-state index in [1.807, 2.05) is 30.3 Å². The molecule has 2 amide bonds. The molecular formula is C37H39ClFN3O5S. The summed E-state index contributed by atoms with van der Waals surface area (Å²) in [6.07, 6.45) is 5.04. The van der Waals surface area contributed by atoms with Crippen molar-refractivity contribution in [3.05, 3.63) is 125 Å². The van der Waals surface area contributed by atoms with Gasteiger partial charge in [-0.25, -0.2) is 12.8 Å². The van der Waals surface area contributed by atoms with E-state index in [2.05, 4.69) is 5.32 Å². The van der Waals surface area contributed by atoms with Crippen molar-refractivity contribution in [2.24, 2.45) is 0 Å². The number of hydrogen-bond acceptors (Lipinski definition) is 5. The van der Waals surface area contributed by atoms with Crippen LogP contribution >= 0.6 is 11.6 Å². The number of carbonyl (C=O) groups is 2. The lowest BCUT2D eigenvalue weighted by Crippen LogP contribution is -2.55. The highest BCUT2D eigenvalue weighted by atomic mass is 35.5. The molecule has 4 aromatic rings. The number of benzene rings is 4. The maximum absolute atomic E-state index is 14.6. The average molecular weight is 692 g/mol. The minimum Gasteiger partial charge on any atom is -0.497 e. The fourth-order valence-electron chi connectivity index (χ4n) is 5.94. The molecule has 0 unspecified atom stereocenters. The van der Waals surface area contributed by atoms with E-state index in [0.29, 0.717) is 16.3 Å². The molecule has 4 aromatic carbocycles. The Kier molecular flexibility index (Phi) is 11.7.